The summed E-state index contributed by atoms with van der Waals surface area (Å²) < 4.78 is 44.7. The Balaban J connectivity index is 4.21. The second-order valence-electron chi connectivity index (χ2n) is 4.17. The van der Waals surface area contributed by atoms with Crippen molar-refractivity contribution in [2.45, 2.75) is 38.4 Å². The molecule has 0 radical (unpaired) electrons. The van der Waals surface area contributed by atoms with E-state index in [0.717, 1.165) is 6.42 Å². The van der Waals surface area contributed by atoms with Crippen molar-refractivity contribution in [3.63, 3.8) is 0 Å². The number of hydrogen-bond donors (Lipinski definition) is 1. The van der Waals surface area contributed by atoms with Gasteiger partial charge in [0.15, 0.2) is 0 Å². The van der Waals surface area contributed by atoms with Gasteiger partial charge in [0, 0.05) is 6.61 Å². The Morgan fingerprint density at radius 1 is 1.33 bits per heavy atom. The van der Waals surface area contributed by atoms with Crippen LogP contribution in [0.4, 0.5) is 13.2 Å². The van der Waals surface area contributed by atoms with Gasteiger partial charge in [0.1, 0.15) is 12.1 Å². The van der Waals surface area contributed by atoms with Gasteiger partial charge in [-0.25, -0.2) is 0 Å². The van der Waals surface area contributed by atoms with Gasteiger partial charge in [-0.15, -0.1) is 0 Å². The maximum absolute atomic E-state index is 11.9. The van der Waals surface area contributed by atoms with Crippen molar-refractivity contribution in [2.75, 3.05) is 26.9 Å². The molecule has 1 atom stereocenters. The predicted molar refractivity (Wildman–Crippen MR) is 60.2 cm³/mol. The van der Waals surface area contributed by atoms with Crippen molar-refractivity contribution in [2.24, 2.45) is 0 Å². The Morgan fingerprint density at radius 3 is 2.39 bits per heavy atom. The zero-order valence-corrected chi connectivity index (χ0v) is 10.9. The van der Waals surface area contributed by atoms with Crippen LogP contribution in [0.25, 0.3) is 0 Å². The molecule has 0 aromatic heterocycles. The van der Waals surface area contributed by atoms with E-state index in [-0.39, 0.29) is 13.0 Å². The monoisotopic (exact) mass is 271 g/mol. The number of carbonyl (C=O) groups is 1. The van der Waals surface area contributed by atoms with Crippen LogP contribution in [-0.2, 0) is 14.3 Å². The molecule has 0 bridgehead atoms. The molecule has 0 saturated heterocycles. The normalized spacial score (nSPS) is 15.2. The van der Waals surface area contributed by atoms with Crippen molar-refractivity contribution >= 4 is 5.97 Å². The molecule has 0 saturated carbocycles. The molecule has 0 aromatic carbocycles. The lowest BCUT2D eigenvalue weighted by atomic mass is 9.98. The van der Waals surface area contributed by atoms with Crippen LogP contribution in [0.5, 0.6) is 0 Å². The minimum Gasteiger partial charge on any atom is -0.468 e. The first-order valence-electron chi connectivity index (χ1n) is 5.73. The maximum Gasteiger partial charge on any atom is 0.411 e. The lowest BCUT2D eigenvalue weighted by Gasteiger charge is -2.27. The van der Waals surface area contributed by atoms with Crippen LogP contribution < -0.4 is 5.32 Å². The fourth-order valence-electron chi connectivity index (χ4n) is 1.35. The Hall–Kier alpha value is -0.820. The van der Waals surface area contributed by atoms with E-state index in [1.54, 1.807) is 6.92 Å². The molecule has 4 nitrogen and oxygen atoms in total. The Bertz CT molecular complexity index is 258. The zero-order valence-electron chi connectivity index (χ0n) is 10.9. The maximum atomic E-state index is 11.9. The fourth-order valence-corrected chi connectivity index (χ4v) is 1.35. The summed E-state index contributed by atoms with van der Waals surface area (Å²) in [5.41, 5.74) is -1.02. The van der Waals surface area contributed by atoms with Gasteiger partial charge in [-0.1, -0.05) is 6.92 Å². The quantitative estimate of drug-likeness (QED) is 0.541. The number of methoxy groups -OCH3 is 1. The average molecular weight is 271 g/mol. The van der Waals surface area contributed by atoms with E-state index in [2.05, 4.69) is 14.8 Å². The number of alkyl halides is 3. The Kier molecular flexibility index (Phi) is 7.23. The van der Waals surface area contributed by atoms with Crippen LogP contribution in [-0.4, -0.2) is 44.6 Å². The predicted octanol–water partition coefficient (Wildman–Crippen LogP) is 1.89. The van der Waals surface area contributed by atoms with Crippen LogP contribution in [0.15, 0.2) is 0 Å². The number of ether oxygens (including phenoxy) is 2. The van der Waals surface area contributed by atoms with E-state index in [9.17, 15) is 18.0 Å². The lowest BCUT2D eigenvalue weighted by molar-refractivity contribution is -0.175. The van der Waals surface area contributed by atoms with Gasteiger partial charge in [0.25, 0.3) is 0 Å². The Morgan fingerprint density at radius 2 is 1.94 bits per heavy atom. The van der Waals surface area contributed by atoms with Crippen molar-refractivity contribution < 1.29 is 27.4 Å². The highest BCUT2D eigenvalue weighted by molar-refractivity contribution is 5.80. The first kappa shape index (κ1) is 17.2. The highest BCUT2D eigenvalue weighted by Gasteiger charge is 2.34. The van der Waals surface area contributed by atoms with Crippen LogP contribution >= 0.6 is 0 Å². The van der Waals surface area contributed by atoms with E-state index in [0.29, 0.717) is 6.54 Å². The molecule has 0 fully saturated rings. The van der Waals surface area contributed by atoms with Gasteiger partial charge in [-0.2, -0.15) is 13.2 Å². The van der Waals surface area contributed by atoms with Crippen LogP contribution in [0.2, 0.25) is 0 Å². The smallest absolute Gasteiger partial charge is 0.411 e. The Labute approximate surface area is 105 Å². The molecule has 0 aliphatic carbocycles. The summed E-state index contributed by atoms with van der Waals surface area (Å²) in [6, 6.07) is 0. The average Bonchev–Trinajstić information content (AvgIpc) is 2.30. The van der Waals surface area contributed by atoms with E-state index in [1.165, 1.54) is 7.11 Å². The zero-order chi connectivity index (χ0) is 14.2. The SMILES string of the molecule is CCCNC(C)(CCOCC(F)(F)F)C(=O)OC. The molecule has 18 heavy (non-hydrogen) atoms. The summed E-state index contributed by atoms with van der Waals surface area (Å²) in [6.45, 7) is 2.61. The lowest BCUT2D eigenvalue weighted by Crippen LogP contribution is -2.51. The molecule has 0 rings (SSSR count). The highest BCUT2D eigenvalue weighted by atomic mass is 19.4. The second-order valence-corrected chi connectivity index (χ2v) is 4.17. The number of esters is 1. The number of rotatable bonds is 8. The largest absolute Gasteiger partial charge is 0.468 e. The topological polar surface area (TPSA) is 47.6 Å². The fraction of sp³-hybridized carbons (Fsp3) is 0.909. The van der Waals surface area contributed by atoms with E-state index < -0.39 is 24.3 Å². The first-order valence-corrected chi connectivity index (χ1v) is 5.73. The number of carbonyl (C=O) groups excluding carboxylic acids is 1. The third-order valence-electron chi connectivity index (χ3n) is 2.41. The van der Waals surface area contributed by atoms with Crippen LogP contribution in [0, 0.1) is 0 Å². The number of halogens is 3. The minimum atomic E-state index is -4.35. The summed E-state index contributed by atoms with van der Waals surface area (Å²) >= 11 is 0. The molecule has 1 N–H and O–H groups in total. The minimum absolute atomic E-state index is 0.121. The highest BCUT2D eigenvalue weighted by Crippen LogP contribution is 2.16. The van der Waals surface area contributed by atoms with Crippen molar-refractivity contribution in [3.05, 3.63) is 0 Å². The van der Waals surface area contributed by atoms with E-state index in [4.69, 9.17) is 0 Å². The van der Waals surface area contributed by atoms with Crippen LogP contribution in [0.3, 0.4) is 0 Å². The van der Waals surface area contributed by atoms with Crippen molar-refractivity contribution in [1.29, 1.82) is 0 Å². The molecule has 0 amide bonds. The molecule has 108 valence electrons. The molecular weight excluding hydrogens is 251 g/mol. The molecule has 0 aromatic rings. The third kappa shape index (κ3) is 6.80. The summed E-state index contributed by atoms with van der Waals surface area (Å²) in [4.78, 5) is 11.6. The molecule has 1 unspecified atom stereocenters. The second kappa shape index (κ2) is 7.58. The summed E-state index contributed by atoms with van der Waals surface area (Å²) in [7, 11) is 1.24. The summed E-state index contributed by atoms with van der Waals surface area (Å²) in [6.07, 6.45) is -3.43. The van der Waals surface area contributed by atoms with Crippen molar-refractivity contribution in [3.8, 4) is 0 Å². The van der Waals surface area contributed by atoms with Gasteiger partial charge < -0.3 is 14.8 Å². The number of hydrogen-bond acceptors (Lipinski definition) is 4. The van der Waals surface area contributed by atoms with Crippen LogP contribution in [0.1, 0.15) is 26.7 Å². The van der Waals surface area contributed by atoms with Crippen molar-refractivity contribution in [1.82, 2.24) is 5.32 Å². The van der Waals surface area contributed by atoms with Gasteiger partial charge >= 0.3 is 12.1 Å². The van der Waals surface area contributed by atoms with Gasteiger partial charge in [-0.3, -0.25) is 4.79 Å². The van der Waals surface area contributed by atoms with E-state index in [1.807, 2.05) is 6.92 Å². The molecule has 0 spiro atoms. The molecular formula is C11H20F3NO3. The van der Waals surface area contributed by atoms with Gasteiger partial charge in [-0.05, 0) is 26.3 Å². The standard InChI is InChI=1S/C11H20F3NO3/c1-4-6-15-10(2,9(16)17-3)5-7-18-8-11(12,13)14/h15H,4-8H2,1-3H3. The molecule has 0 aliphatic heterocycles. The molecule has 0 heterocycles. The summed E-state index contributed by atoms with van der Waals surface area (Å²) in [5, 5.41) is 2.96. The summed E-state index contributed by atoms with van der Waals surface area (Å²) in [5.74, 6) is -0.508. The first-order chi connectivity index (χ1) is 8.25. The van der Waals surface area contributed by atoms with E-state index >= 15 is 0 Å². The number of nitrogens with one attached hydrogen (secondary N) is 1. The molecule has 7 heteroatoms. The molecule has 0 aliphatic rings. The van der Waals surface area contributed by atoms with Gasteiger partial charge in [0.05, 0.1) is 7.11 Å². The van der Waals surface area contributed by atoms with Gasteiger partial charge in [0.2, 0.25) is 0 Å². The third-order valence-corrected chi connectivity index (χ3v) is 2.41.